The highest BCUT2D eigenvalue weighted by Crippen LogP contribution is 2.34. The molecule has 36 heavy (non-hydrogen) atoms. The highest BCUT2D eigenvalue weighted by molar-refractivity contribution is 7.85. The standard InChI is InChI=1S/C27H34N4O4S/c1-6-30(14-15-34-5)21-10-7-19(8-11-21)18-31-22-17-20(25-28-29-26(35-25)27(2,3)4)9-12-23(22)36(33)16-13-24(31)32/h7-12,17H,6,13-16,18H2,1-5H3. The van der Waals surface area contributed by atoms with Gasteiger partial charge in [0.05, 0.1) is 34.5 Å². The quantitative estimate of drug-likeness (QED) is 0.439. The van der Waals surface area contributed by atoms with Gasteiger partial charge in [-0.25, -0.2) is 0 Å². The van der Waals surface area contributed by atoms with Crippen LogP contribution in [-0.4, -0.2) is 52.9 Å². The van der Waals surface area contributed by atoms with E-state index in [2.05, 4.69) is 34.2 Å². The van der Waals surface area contributed by atoms with Crippen molar-refractivity contribution in [3.05, 3.63) is 53.9 Å². The van der Waals surface area contributed by atoms with Gasteiger partial charge in [0.1, 0.15) is 0 Å². The van der Waals surface area contributed by atoms with Crippen LogP contribution in [-0.2, 0) is 32.3 Å². The van der Waals surface area contributed by atoms with E-state index in [4.69, 9.17) is 9.15 Å². The molecule has 1 atom stereocenters. The first-order valence-electron chi connectivity index (χ1n) is 12.2. The maximum absolute atomic E-state index is 13.2. The van der Waals surface area contributed by atoms with Crippen molar-refractivity contribution in [1.29, 1.82) is 0 Å². The summed E-state index contributed by atoms with van der Waals surface area (Å²) in [5.41, 5.74) is 3.15. The number of hydrogen-bond donors (Lipinski definition) is 0. The third kappa shape index (κ3) is 5.68. The van der Waals surface area contributed by atoms with E-state index in [0.29, 0.717) is 46.8 Å². The number of benzene rings is 2. The zero-order valence-corrected chi connectivity index (χ0v) is 22.4. The molecule has 2 heterocycles. The summed E-state index contributed by atoms with van der Waals surface area (Å²) in [6, 6.07) is 13.7. The monoisotopic (exact) mass is 510 g/mol. The predicted octanol–water partition coefficient (Wildman–Crippen LogP) is 4.55. The maximum Gasteiger partial charge on any atom is 0.247 e. The molecule has 0 radical (unpaired) electrons. The van der Waals surface area contributed by atoms with Gasteiger partial charge in [0.2, 0.25) is 17.7 Å². The Balaban J connectivity index is 1.65. The molecule has 0 bridgehead atoms. The van der Waals surface area contributed by atoms with Crippen molar-refractivity contribution in [2.75, 3.05) is 42.4 Å². The normalized spacial score (nSPS) is 16.1. The average Bonchev–Trinajstić information content (AvgIpc) is 3.34. The van der Waals surface area contributed by atoms with Crippen molar-refractivity contribution in [3.63, 3.8) is 0 Å². The van der Waals surface area contributed by atoms with Crippen molar-refractivity contribution in [2.45, 2.75) is 51.0 Å². The molecule has 1 aromatic heterocycles. The molecule has 0 saturated heterocycles. The number of likely N-dealkylation sites (N-methyl/N-ethyl adjacent to an activating group) is 1. The number of fused-ring (bicyclic) bond motifs is 1. The second kappa shape index (κ2) is 10.9. The molecule has 4 rings (SSSR count). The van der Waals surface area contributed by atoms with E-state index in [1.807, 2.05) is 51.1 Å². The Morgan fingerprint density at radius 3 is 2.53 bits per heavy atom. The summed E-state index contributed by atoms with van der Waals surface area (Å²) < 4.78 is 24.1. The van der Waals surface area contributed by atoms with Crippen LogP contribution in [0.25, 0.3) is 11.5 Å². The fourth-order valence-electron chi connectivity index (χ4n) is 4.10. The minimum Gasteiger partial charge on any atom is -0.420 e. The van der Waals surface area contributed by atoms with Gasteiger partial charge < -0.3 is 19.0 Å². The molecule has 0 fully saturated rings. The van der Waals surface area contributed by atoms with Gasteiger partial charge in [-0.05, 0) is 42.8 Å². The number of nitrogens with zero attached hydrogens (tertiary/aromatic N) is 4. The molecule has 1 aliphatic rings. The van der Waals surface area contributed by atoms with Crippen LogP contribution in [0.3, 0.4) is 0 Å². The van der Waals surface area contributed by atoms with Crippen LogP contribution in [0.5, 0.6) is 0 Å². The van der Waals surface area contributed by atoms with Crippen LogP contribution in [0.2, 0.25) is 0 Å². The van der Waals surface area contributed by atoms with Gasteiger partial charge in [-0.15, -0.1) is 10.2 Å². The molecule has 3 aromatic rings. The molecular formula is C27H34N4O4S. The Hall–Kier alpha value is -3.04. The molecule has 0 N–H and O–H groups in total. The summed E-state index contributed by atoms with van der Waals surface area (Å²) in [5, 5.41) is 8.41. The number of rotatable bonds is 8. The zero-order valence-electron chi connectivity index (χ0n) is 21.6. The van der Waals surface area contributed by atoms with Crippen LogP contribution >= 0.6 is 0 Å². The van der Waals surface area contributed by atoms with Gasteiger partial charge in [0.25, 0.3) is 0 Å². The van der Waals surface area contributed by atoms with Crippen LogP contribution in [0.1, 0.15) is 45.6 Å². The van der Waals surface area contributed by atoms with E-state index in [1.165, 1.54) is 0 Å². The highest BCUT2D eigenvalue weighted by Gasteiger charge is 2.28. The Kier molecular flexibility index (Phi) is 7.90. The van der Waals surface area contributed by atoms with Gasteiger partial charge >= 0.3 is 0 Å². The lowest BCUT2D eigenvalue weighted by Gasteiger charge is -2.25. The predicted molar refractivity (Wildman–Crippen MR) is 142 cm³/mol. The minimum atomic E-state index is -1.27. The van der Waals surface area contributed by atoms with Gasteiger partial charge in [-0.1, -0.05) is 32.9 Å². The highest BCUT2D eigenvalue weighted by atomic mass is 32.2. The molecule has 9 heteroatoms. The smallest absolute Gasteiger partial charge is 0.247 e. The van der Waals surface area contributed by atoms with Crippen LogP contribution in [0.4, 0.5) is 11.4 Å². The Morgan fingerprint density at radius 1 is 1.14 bits per heavy atom. The second-order valence-corrected chi connectivity index (χ2v) is 11.4. The number of aromatic nitrogens is 2. The van der Waals surface area contributed by atoms with Gasteiger partial charge in [0.15, 0.2) is 0 Å². The molecular weight excluding hydrogens is 476 g/mol. The molecule has 0 spiro atoms. The summed E-state index contributed by atoms with van der Waals surface area (Å²) in [6.45, 7) is 10.9. The maximum atomic E-state index is 13.2. The van der Waals surface area contributed by atoms with Crippen LogP contribution in [0, 0.1) is 0 Å². The van der Waals surface area contributed by atoms with E-state index in [9.17, 15) is 9.00 Å². The molecule has 1 unspecified atom stereocenters. The Morgan fingerprint density at radius 2 is 1.89 bits per heavy atom. The van der Waals surface area contributed by atoms with Crippen molar-refractivity contribution >= 4 is 28.1 Å². The molecule has 1 amide bonds. The molecule has 0 saturated carbocycles. The zero-order chi connectivity index (χ0) is 25.9. The van der Waals surface area contributed by atoms with Crippen molar-refractivity contribution < 1.29 is 18.2 Å². The Bertz CT molecular complexity index is 1230. The van der Waals surface area contributed by atoms with E-state index < -0.39 is 10.8 Å². The number of carbonyl (C=O) groups is 1. The SMILES string of the molecule is CCN(CCOC)c1ccc(CN2C(=O)CCS(=O)c3ccc(-c4nnc(C(C)(C)C)o4)cc32)cc1. The van der Waals surface area contributed by atoms with E-state index >= 15 is 0 Å². The van der Waals surface area contributed by atoms with Crippen molar-refractivity contribution in [3.8, 4) is 11.5 Å². The first-order chi connectivity index (χ1) is 17.2. The van der Waals surface area contributed by atoms with Gasteiger partial charge in [-0.2, -0.15) is 0 Å². The molecule has 2 aromatic carbocycles. The van der Waals surface area contributed by atoms with E-state index in [1.54, 1.807) is 12.0 Å². The largest absolute Gasteiger partial charge is 0.420 e. The van der Waals surface area contributed by atoms with Gasteiger partial charge in [0, 0.05) is 49.0 Å². The minimum absolute atomic E-state index is 0.0560. The summed E-state index contributed by atoms with van der Waals surface area (Å²) in [4.78, 5) is 17.8. The molecule has 192 valence electrons. The summed E-state index contributed by atoms with van der Waals surface area (Å²) in [7, 11) is 0.434. The van der Waals surface area contributed by atoms with Gasteiger partial charge in [-0.3, -0.25) is 9.00 Å². The molecule has 0 aliphatic carbocycles. The number of carbonyl (C=O) groups excluding carboxylic acids is 1. The lowest BCUT2D eigenvalue weighted by Crippen LogP contribution is -2.30. The number of anilines is 2. The topological polar surface area (TPSA) is 88.8 Å². The average molecular weight is 511 g/mol. The molecule has 1 aliphatic heterocycles. The first-order valence-corrected chi connectivity index (χ1v) is 13.5. The fraction of sp³-hybridized carbons (Fsp3) is 0.444. The summed E-state index contributed by atoms with van der Waals surface area (Å²) >= 11 is 0. The summed E-state index contributed by atoms with van der Waals surface area (Å²) in [6.07, 6.45) is 0.226. The van der Waals surface area contributed by atoms with E-state index in [-0.39, 0.29) is 17.7 Å². The lowest BCUT2D eigenvalue weighted by molar-refractivity contribution is -0.118. The number of amides is 1. The third-order valence-electron chi connectivity index (χ3n) is 6.20. The van der Waals surface area contributed by atoms with Crippen molar-refractivity contribution in [2.24, 2.45) is 0 Å². The third-order valence-corrected chi connectivity index (χ3v) is 7.61. The summed E-state index contributed by atoms with van der Waals surface area (Å²) in [5.74, 6) is 1.17. The molecule has 8 nitrogen and oxygen atoms in total. The van der Waals surface area contributed by atoms with Crippen LogP contribution < -0.4 is 9.80 Å². The lowest BCUT2D eigenvalue weighted by atomic mass is 9.97. The second-order valence-electron chi connectivity index (χ2n) is 9.86. The first kappa shape index (κ1) is 26.0. The Labute approximate surface area is 215 Å². The van der Waals surface area contributed by atoms with Crippen molar-refractivity contribution in [1.82, 2.24) is 10.2 Å². The van der Waals surface area contributed by atoms with Crippen LogP contribution in [0.15, 0.2) is 51.8 Å². The fourth-order valence-corrected chi connectivity index (χ4v) is 5.30. The number of ether oxygens (including phenoxy) is 1. The number of methoxy groups -OCH3 is 1. The number of hydrogen-bond acceptors (Lipinski definition) is 7. The van der Waals surface area contributed by atoms with E-state index in [0.717, 1.165) is 24.3 Å².